The van der Waals surface area contributed by atoms with Crippen LogP contribution in [0.15, 0.2) is 60.2 Å². The van der Waals surface area contributed by atoms with Gasteiger partial charge in [-0.05, 0) is 43.0 Å². The number of carbonyl (C=O) groups is 3. The van der Waals surface area contributed by atoms with Crippen molar-refractivity contribution >= 4 is 29.6 Å². The van der Waals surface area contributed by atoms with Crippen LogP contribution in [-0.2, 0) is 16.0 Å². The number of nitrogens with zero attached hydrogens (tertiary/aromatic N) is 1. The quantitative estimate of drug-likeness (QED) is 0.225. The highest BCUT2D eigenvalue weighted by atomic mass is 16.3. The number of hydrogen-bond donors (Lipinski definition) is 4. The maximum atomic E-state index is 12.7. The fraction of sp³-hybridized carbons (Fsp3) is 0.280. The summed E-state index contributed by atoms with van der Waals surface area (Å²) in [4.78, 5) is 37.2. The summed E-state index contributed by atoms with van der Waals surface area (Å²) in [5.41, 5.74) is 3.72. The zero-order chi connectivity index (χ0) is 23.6. The minimum Gasteiger partial charge on any atom is -0.507 e. The third-order valence-electron chi connectivity index (χ3n) is 5.45. The van der Waals surface area contributed by atoms with Crippen LogP contribution in [0.1, 0.15) is 53.6 Å². The molecule has 0 saturated heterocycles. The monoisotopic (exact) mass is 448 g/mol. The number of benzene rings is 2. The molecule has 3 amide bonds. The molecular formula is C25H28N4O4. The Morgan fingerprint density at radius 3 is 2.55 bits per heavy atom. The molecule has 0 aromatic heterocycles. The van der Waals surface area contributed by atoms with Gasteiger partial charge in [-0.2, -0.15) is 5.10 Å². The SMILES string of the molecule is C=CCc1cccc(/C=N\NC(=O)C(=O)Nc2ccccc2C(=O)NC2CCCCC2)c1O. The highest BCUT2D eigenvalue weighted by Gasteiger charge is 2.20. The molecule has 1 fully saturated rings. The average molecular weight is 449 g/mol. The van der Waals surface area contributed by atoms with Crippen LogP contribution in [0.5, 0.6) is 5.75 Å². The van der Waals surface area contributed by atoms with Gasteiger partial charge in [0.15, 0.2) is 0 Å². The maximum Gasteiger partial charge on any atom is 0.329 e. The van der Waals surface area contributed by atoms with Crippen molar-refractivity contribution in [3.63, 3.8) is 0 Å². The van der Waals surface area contributed by atoms with Gasteiger partial charge in [0.05, 0.1) is 17.5 Å². The number of phenolic OH excluding ortho intramolecular Hbond substituents is 1. The molecule has 8 heteroatoms. The van der Waals surface area contributed by atoms with Crippen molar-refractivity contribution in [2.24, 2.45) is 5.10 Å². The summed E-state index contributed by atoms with van der Waals surface area (Å²) in [7, 11) is 0. The van der Waals surface area contributed by atoms with Crippen LogP contribution >= 0.6 is 0 Å². The van der Waals surface area contributed by atoms with E-state index in [2.05, 4.69) is 27.7 Å². The van der Waals surface area contributed by atoms with E-state index in [1.807, 2.05) is 0 Å². The Morgan fingerprint density at radius 1 is 1.03 bits per heavy atom. The fourth-order valence-corrected chi connectivity index (χ4v) is 3.73. The third-order valence-corrected chi connectivity index (χ3v) is 5.45. The Kier molecular flexibility index (Phi) is 8.35. The lowest BCUT2D eigenvalue weighted by Crippen LogP contribution is -2.37. The van der Waals surface area contributed by atoms with E-state index in [9.17, 15) is 19.5 Å². The van der Waals surface area contributed by atoms with Gasteiger partial charge in [-0.25, -0.2) is 5.43 Å². The van der Waals surface area contributed by atoms with E-state index in [-0.39, 0.29) is 28.9 Å². The first-order chi connectivity index (χ1) is 16.0. The largest absolute Gasteiger partial charge is 0.507 e. The molecule has 2 aromatic rings. The fourth-order valence-electron chi connectivity index (χ4n) is 3.73. The lowest BCUT2D eigenvalue weighted by atomic mass is 9.95. The van der Waals surface area contributed by atoms with Crippen molar-refractivity contribution in [1.29, 1.82) is 0 Å². The molecule has 0 bridgehead atoms. The smallest absolute Gasteiger partial charge is 0.329 e. The Morgan fingerprint density at radius 2 is 1.79 bits per heavy atom. The van der Waals surface area contributed by atoms with Crippen LogP contribution in [-0.4, -0.2) is 35.1 Å². The highest BCUT2D eigenvalue weighted by molar-refractivity contribution is 6.40. The number of rotatable bonds is 7. The van der Waals surface area contributed by atoms with Gasteiger partial charge in [0.1, 0.15) is 5.75 Å². The second-order valence-corrected chi connectivity index (χ2v) is 7.85. The summed E-state index contributed by atoms with van der Waals surface area (Å²) in [5, 5.41) is 19.4. The Balaban J connectivity index is 1.60. The van der Waals surface area contributed by atoms with E-state index in [1.165, 1.54) is 12.6 Å². The van der Waals surface area contributed by atoms with Crippen molar-refractivity contribution in [3.8, 4) is 5.75 Å². The first kappa shape index (κ1) is 23.7. The molecule has 33 heavy (non-hydrogen) atoms. The topological polar surface area (TPSA) is 120 Å². The summed E-state index contributed by atoms with van der Waals surface area (Å²) in [6.45, 7) is 3.64. The highest BCUT2D eigenvalue weighted by Crippen LogP contribution is 2.22. The van der Waals surface area contributed by atoms with E-state index in [1.54, 1.807) is 48.5 Å². The molecule has 8 nitrogen and oxygen atoms in total. The van der Waals surface area contributed by atoms with Gasteiger partial charge in [0.25, 0.3) is 5.91 Å². The summed E-state index contributed by atoms with van der Waals surface area (Å²) >= 11 is 0. The van der Waals surface area contributed by atoms with E-state index in [0.717, 1.165) is 25.7 Å². The Labute approximate surface area is 192 Å². The van der Waals surface area contributed by atoms with Gasteiger partial charge in [-0.1, -0.05) is 49.6 Å². The number of aromatic hydroxyl groups is 1. The number of para-hydroxylation sites is 2. The summed E-state index contributed by atoms with van der Waals surface area (Å²) in [5.74, 6) is -2.23. The predicted octanol–water partition coefficient (Wildman–Crippen LogP) is 3.27. The van der Waals surface area contributed by atoms with Gasteiger partial charge >= 0.3 is 11.8 Å². The third kappa shape index (κ3) is 6.52. The van der Waals surface area contributed by atoms with Crippen LogP contribution in [0.2, 0.25) is 0 Å². The number of amides is 3. The second kappa shape index (κ2) is 11.6. The van der Waals surface area contributed by atoms with Crippen molar-refractivity contribution in [1.82, 2.24) is 10.7 Å². The molecule has 1 aliphatic carbocycles. The average Bonchev–Trinajstić information content (AvgIpc) is 2.82. The standard InChI is InChI=1S/C25H28N4O4/c1-2-9-17-10-8-11-18(22(17)30)16-26-29-25(33)24(32)28-21-15-7-6-14-20(21)23(31)27-19-12-4-3-5-13-19/h2,6-8,10-11,14-16,19,30H,1,3-5,9,12-13H2,(H,27,31)(H,28,32)(H,29,33)/b26-16-. The molecule has 3 rings (SSSR count). The van der Waals surface area contributed by atoms with Crippen molar-refractivity contribution < 1.29 is 19.5 Å². The lowest BCUT2D eigenvalue weighted by molar-refractivity contribution is -0.136. The minimum absolute atomic E-state index is 0.0257. The van der Waals surface area contributed by atoms with E-state index >= 15 is 0 Å². The Bertz CT molecular complexity index is 1060. The van der Waals surface area contributed by atoms with E-state index < -0.39 is 11.8 Å². The van der Waals surface area contributed by atoms with Crippen molar-refractivity contribution in [3.05, 3.63) is 71.8 Å². The second-order valence-electron chi connectivity index (χ2n) is 7.85. The van der Waals surface area contributed by atoms with Crippen LogP contribution in [0.3, 0.4) is 0 Å². The zero-order valence-electron chi connectivity index (χ0n) is 18.3. The van der Waals surface area contributed by atoms with Crippen LogP contribution < -0.4 is 16.1 Å². The maximum absolute atomic E-state index is 12.7. The number of anilines is 1. The first-order valence-corrected chi connectivity index (χ1v) is 11.0. The lowest BCUT2D eigenvalue weighted by Gasteiger charge is -2.23. The number of hydrazone groups is 1. The normalized spacial score (nSPS) is 13.9. The molecule has 0 aliphatic heterocycles. The number of hydrogen-bond acceptors (Lipinski definition) is 5. The van der Waals surface area contributed by atoms with Gasteiger partial charge < -0.3 is 15.7 Å². The van der Waals surface area contributed by atoms with Crippen LogP contribution in [0.25, 0.3) is 0 Å². The van der Waals surface area contributed by atoms with Gasteiger partial charge in [0, 0.05) is 11.6 Å². The molecule has 0 spiro atoms. The van der Waals surface area contributed by atoms with Gasteiger partial charge in [0.2, 0.25) is 0 Å². The Hall–Kier alpha value is -3.94. The molecule has 2 aromatic carbocycles. The molecule has 172 valence electrons. The molecule has 4 N–H and O–H groups in total. The predicted molar refractivity (Wildman–Crippen MR) is 127 cm³/mol. The number of carbonyl (C=O) groups excluding carboxylic acids is 3. The van der Waals surface area contributed by atoms with Crippen molar-refractivity contribution in [2.45, 2.75) is 44.6 Å². The van der Waals surface area contributed by atoms with E-state index in [0.29, 0.717) is 17.5 Å². The molecule has 1 aliphatic rings. The van der Waals surface area contributed by atoms with Crippen LogP contribution in [0, 0.1) is 0 Å². The molecule has 0 radical (unpaired) electrons. The van der Waals surface area contributed by atoms with E-state index in [4.69, 9.17) is 0 Å². The molecule has 1 saturated carbocycles. The molecule has 0 atom stereocenters. The summed E-state index contributed by atoms with van der Waals surface area (Å²) in [6.07, 6.45) is 8.61. The summed E-state index contributed by atoms with van der Waals surface area (Å²) in [6, 6.07) is 11.8. The zero-order valence-corrected chi connectivity index (χ0v) is 18.3. The summed E-state index contributed by atoms with van der Waals surface area (Å²) < 4.78 is 0. The number of allylic oxidation sites excluding steroid dienone is 1. The van der Waals surface area contributed by atoms with Gasteiger partial charge in [-0.15, -0.1) is 6.58 Å². The van der Waals surface area contributed by atoms with Gasteiger partial charge in [-0.3, -0.25) is 14.4 Å². The van der Waals surface area contributed by atoms with Crippen LogP contribution in [0.4, 0.5) is 5.69 Å². The first-order valence-electron chi connectivity index (χ1n) is 11.0. The molecule has 0 unspecified atom stereocenters. The molecule has 0 heterocycles. The van der Waals surface area contributed by atoms with Crippen molar-refractivity contribution in [2.75, 3.05) is 5.32 Å². The molecular weight excluding hydrogens is 420 g/mol. The number of phenols is 1. The number of nitrogens with one attached hydrogen (secondary N) is 3. The minimum atomic E-state index is -1.00.